The SMILES string of the molecule is CC(C)(NC(=O)C1CCOCC1)C(=O)N1CC=CCC1. The van der Waals surface area contributed by atoms with Crippen LogP contribution < -0.4 is 5.32 Å². The molecule has 2 aliphatic heterocycles. The van der Waals surface area contributed by atoms with Crippen molar-refractivity contribution in [1.82, 2.24) is 10.2 Å². The number of ether oxygens (including phenoxy) is 1. The zero-order chi connectivity index (χ0) is 14.6. The predicted molar refractivity (Wildman–Crippen MR) is 76.1 cm³/mol. The second kappa shape index (κ2) is 6.39. The van der Waals surface area contributed by atoms with Gasteiger partial charge in [-0.15, -0.1) is 0 Å². The highest BCUT2D eigenvalue weighted by Gasteiger charge is 2.35. The maximum absolute atomic E-state index is 12.5. The third kappa shape index (κ3) is 3.60. The Bertz CT molecular complexity index is 398. The van der Waals surface area contributed by atoms with Crippen LogP contribution in [0.3, 0.4) is 0 Å². The van der Waals surface area contributed by atoms with Crippen LogP contribution in [0.5, 0.6) is 0 Å². The molecule has 2 rings (SSSR count). The molecule has 2 amide bonds. The van der Waals surface area contributed by atoms with Crippen LogP contribution in [0.15, 0.2) is 12.2 Å². The molecule has 2 aliphatic rings. The molecule has 0 aromatic rings. The largest absolute Gasteiger partial charge is 0.381 e. The molecule has 20 heavy (non-hydrogen) atoms. The van der Waals surface area contributed by atoms with E-state index in [4.69, 9.17) is 4.74 Å². The highest BCUT2D eigenvalue weighted by atomic mass is 16.5. The predicted octanol–water partition coefficient (Wildman–Crippen LogP) is 1.10. The minimum atomic E-state index is -0.847. The van der Waals surface area contributed by atoms with Gasteiger partial charge in [0.2, 0.25) is 11.8 Å². The molecule has 0 aromatic carbocycles. The number of amides is 2. The molecule has 0 aromatic heterocycles. The van der Waals surface area contributed by atoms with Crippen molar-refractivity contribution in [2.75, 3.05) is 26.3 Å². The van der Waals surface area contributed by atoms with E-state index in [1.807, 2.05) is 6.08 Å². The summed E-state index contributed by atoms with van der Waals surface area (Å²) in [7, 11) is 0. The molecule has 0 unspecified atom stereocenters. The van der Waals surface area contributed by atoms with Crippen molar-refractivity contribution < 1.29 is 14.3 Å². The quantitative estimate of drug-likeness (QED) is 0.788. The minimum absolute atomic E-state index is 0.0118. The average Bonchev–Trinajstić information content (AvgIpc) is 2.48. The molecule has 5 heteroatoms. The van der Waals surface area contributed by atoms with Gasteiger partial charge in [-0.25, -0.2) is 0 Å². The Labute approximate surface area is 120 Å². The van der Waals surface area contributed by atoms with Crippen molar-refractivity contribution in [2.45, 2.75) is 38.6 Å². The van der Waals surface area contributed by atoms with Gasteiger partial charge < -0.3 is 15.0 Å². The van der Waals surface area contributed by atoms with E-state index in [1.54, 1.807) is 18.7 Å². The fourth-order valence-corrected chi connectivity index (χ4v) is 2.64. The van der Waals surface area contributed by atoms with Gasteiger partial charge in [0.15, 0.2) is 0 Å². The molecular weight excluding hydrogens is 256 g/mol. The number of nitrogens with one attached hydrogen (secondary N) is 1. The summed E-state index contributed by atoms with van der Waals surface area (Å²) < 4.78 is 5.26. The van der Waals surface area contributed by atoms with E-state index in [1.165, 1.54) is 0 Å². The van der Waals surface area contributed by atoms with E-state index in [-0.39, 0.29) is 17.7 Å². The Balaban J connectivity index is 1.93. The lowest BCUT2D eigenvalue weighted by atomic mass is 9.96. The molecular formula is C15H24N2O3. The number of nitrogens with zero attached hydrogens (tertiary/aromatic N) is 1. The lowest BCUT2D eigenvalue weighted by Crippen LogP contribution is -2.57. The summed E-state index contributed by atoms with van der Waals surface area (Å²) in [5.41, 5.74) is -0.847. The van der Waals surface area contributed by atoms with Gasteiger partial charge in [-0.1, -0.05) is 12.2 Å². The number of hydrogen-bond acceptors (Lipinski definition) is 3. The fraction of sp³-hybridized carbons (Fsp3) is 0.733. The summed E-state index contributed by atoms with van der Waals surface area (Å²) in [5, 5.41) is 2.91. The Hall–Kier alpha value is -1.36. The Morgan fingerprint density at radius 2 is 1.95 bits per heavy atom. The van der Waals surface area contributed by atoms with Crippen LogP contribution in [0.25, 0.3) is 0 Å². The van der Waals surface area contributed by atoms with Crippen molar-refractivity contribution in [3.63, 3.8) is 0 Å². The molecule has 112 valence electrons. The average molecular weight is 280 g/mol. The molecule has 5 nitrogen and oxygen atoms in total. The maximum atomic E-state index is 12.5. The van der Waals surface area contributed by atoms with Crippen molar-refractivity contribution in [3.8, 4) is 0 Å². The van der Waals surface area contributed by atoms with Crippen LogP contribution in [0.2, 0.25) is 0 Å². The summed E-state index contributed by atoms with van der Waals surface area (Å²) in [4.78, 5) is 26.5. The second-order valence-electron chi connectivity index (χ2n) is 6.01. The Kier molecular flexibility index (Phi) is 4.81. The van der Waals surface area contributed by atoms with Crippen molar-refractivity contribution in [3.05, 3.63) is 12.2 Å². The molecule has 1 saturated heterocycles. The number of carbonyl (C=O) groups is 2. The standard InChI is InChI=1S/C15H24N2O3/c1-15(2,14(19)17-8-4-3-5-9-17)16-13(18)12-6-10-20-11-7-12/h3-4,12H,5-11H2,1-2H3,(H,16,18). The van der Waals surface area contributed by atoms with Gasteiger partial charge in [-0.2, -0.15) is 0 Å². The first-order valence-electron chi connectivity index (χ1n) is 7.35. The van der Waals surface area contributed by atoms with E-state index < -0.39 is 5.54 Å². The zero-order valence-electron chi connectivity index (χ0n) is 12.4. The Morgan fingerprint density at radius 1 is 1.25 bits per heavy atom. The van der Waals surface area contributed by atoms with Crippen molar-refractivity contribution in [1.29, 1.82) is 0 Å². The minimum Gasteiger partial charge on any atom is -0.381 e. The van der Waals surface area contributed by atoms with E-state index in [0.717, 1.165) is 25.8 Å². The molecule has 0 aliphatic carbocycles. The number of rotatable bonds is 3. The molecule has 0 spiro atoms. The van der Waals surface area contributed by atoms with Gasteiger partial charge >= 0.3 is 0 Å². The Morgan fingerprint density at radius 3 is 2.55 bits per heavy atom. The van der Waals surface area contributed by atoms with E-state index in [9.17, 15) is 9.59 Å². The molecule has 1 N–H and O–H groups in total. The van der Waals surface area contributed by atoms with Crippen molar-refractivity contribution in [2.24, 2.45) is 5.92 Å². The first-order valence-corrected chi connectivity index (χ1v) is 7.35. The lowest BCUT2D eigenvalue weighted by Gasteiger charge is -2.34. The monoisotopic (exact) mass is 280 g/mol. The van der Waals surface area contributed by atoms with Gasteiger partial charge in [0.25, 0.3) is 0 Å². The summed E-state index contributed by atoms with van der Waals surface area (Å²) in [6.07, 6.45) is 6.44. The van der Waals surface area contributed by atoms with Crippen LogP contribution in [-0.4, -0.2) is 48.6 Å². The van der Waals surface area contributed by atoms with E-state index in [0.29, 0.717) is 19.8 Å². The third-order valence-electron chi connectivity index (χ3n) is 3.91. The molecule has 1 fully saturated rings. The van der Waals surface area contributed by atoms with Crippen LogP contribution in [0.4, 0.5) is 0 Å². The molecule has 0 bridgehead atoms. The summed E-state index contributed by atoms with van der Waals surface area (Å²) in [5.74, 6) is -0.0708. The lowest BCUT2D eigenvalue weighted by molar-refractivity contribution is -0.142. The second-order valence-corrected chi connectivity index (χ2v) is 6.01. The van der Waals surface area contributed by atoms with Gasteiger partial charge in [0.1, 0.15) is 5.54 Å². The smallest absolute Gasteiger partial charge is 0.248 e. The highest BCUT2D eigenvalue weighted by Crippen LogP contribution is 2.18. The number of carbonyl (C=O) groups excluding carboxylic acids is 2. The maximum Gasteiger partial charge on any atom is 0.248 e. The van der Waals surface area contributed by atoms with Gasteiger partial charge in [0.05, 0.1) is 0 Å². The van der Waals surface area contributed by atoms with Gasteiger partial charge in [-0.3, -0.25) is 9.59 Å². The van der Waals surface area contributed by atoms with Crippen LogP contribution in [0.1, 0.15) is 33.1 Å². The first-order chi connectivity index (χ1) is 9.50. The van der Waals surface area contributed by atoms with E-state index in [2.05, 4.69) is 11.4 Å². The molecule has 2 heterocycles. The normalized spacial score (nSPS) is 20.8. The van der Waals surface area contributed by atoms with Crippen LogP contribution >= 0.6 is 0 Å². The van der Waals surface area contributed by atoms with Crippen LogP contribution in [-0.2, 0) is 14.3 Å². The first kappa shape index (κ1) is 15.0. The summed E-state index contributed by atoms with van der Waals surface area (Å²) >= 11 is 0. The zero-order valence-corrected chi connectivity index (χ0v) is 12.4. The molecule has 0 radical (unpaired) electrons. The topological polar surface area (TPSA) is 58.6 Å². The molecule has 0 saturated carbocycles. The number of hydrogen-bond donors (Lipinski definition) is 1. The summed E-state index contributed by atoms with van der Waals surface area (Å²) in [6, 6.07) is 0. The van der Waals surface area contributed by atoms with Crippen LogP contribution in [0, 0.1) is 5.92 Å². The molecule has 0 atom stereocenters. The van der Waals surface area contributed by atoms with Crippen molar-refractivity contribution >= 4 is 11.8 Å². The third-order valence-corrected chi connectivity index (χ3v) is 3.91. The van der Waals surface area contributed by atoms with E-state index >= 15 is 0 Å². The van der Waals surface area contributed by atoms with Gasteiger partial charge in [0, 0.05) is 32.2 Å². The summed E-state index contributed by atoms with van der Waals surface area (Å²) in [6.45, 7) is 6.18. The van der Waals surface area contributed by atoms with Gasteiger partial charge in [-0.05, 0) is 33.1 Å². The highest BCUT2D eigenvalue weighted by molar-refractivity contribution is 5.91. The fourth-order valence-electron chi connectivity index (χ4n) is 2.64.